The minimum atomic E-state index is -2.66. The first kappa shape index (κ1) is 44.7. The Kier molecular flexibility index (Phi) is 19.4. The summed E-state index contributed by atoms with van der Waals surface area (Å²) in [6, 6.07) is 21.0. The van der Waals surface area contributed by atoms with Gasteiger partial charge in [-0.2, -0.15) is 0 Å². The molecule has 0 N–H and O–H groups in total. The van der Waals surface area contributed by atoms with E-state index in [2.05, 4.69) is 44.5 Å². The number of alkyl halides is 6. The summed E-state index contributed by atoms with van der Waals surface area (Å²) < 4.78 is 129. The van der Waals surface area contributed by atoms with Gasteiger partial charge in [-0.25, -0.2) is 43.9 Å². The summed E-state index contributed by atoms with van der Waals surface area (Å²) in [5, 5.41) is 0. The van der Waals surface area contributed by atoms with Gasteiger partial charge in [0.15, 0.2) is 0 Å². The molecule has 0 aliphatic carbocycles. The number of hydrogen-bond acceptors (Lipinski definition) is 4. The van der Waals surface area contributed by atoms with Crippen LogP contribution in [0.15, 0.2) is 116 Å². The van der Waals surface area contributed by atoms with Crippen molar-refractivity contribution in [2.24, 2.45) is 0 Å². The first-order valence-electron chi connectivity index (χ1n) is 14.3. The minimum absolute atomic E-state index is 0.209. The second-order valence-corrected chi connectivity index (χ2v) is 13.4. The highest BCUT2D eigenvalue weighted by atomic mass is 79.9. The van der Waals surface area contributed by atoms with Crippen LogP contribution in [0.5, 0.6) is 5.75 Å². The Hall–Kier alpha value is -3.47. The number of ether oxygens (including phenoxy) is 1. The van der Waals surface area contributed by atoms with Gasteiger partial charge in [-0.3, -0.25) is 4.79 Å². The van der Waals surface area contributed by atoms with E-state index in [0.717, 1.165) is 47.7 Å². The average molecular weight is 905 g/mol. The van der Waals surface area contributed by atoms with Gasteiger partial charge >= 0.3 is 0 Å². The van der Waals surface area contributed by atoms with Crippen LogP contribution in [-0.4, -0.2) is 13.4 Å². The fraction of sp³-hybridized carbons (Fsp3) is 0.139. The molecule has 0 aliphatic rings. The molecule has 278 valence electrons. The van der Waals surface area contributed by atoms with E-state index in [-0.39, 0.29) is 21.6 Å². The summed E-state index contributed by atoms with van der Waals surface area (Å²) in [6.07, 6.45) is -7.32. The number of hydrogen-bond donors (Lipinski definition) is 1. The molecule has 0 spiro atoms. The lowest BCUT2D eigenvalue weighted by atomic mass is 10.2. The number of carbonyl (C=O) groups excluding carboxylic acids is 1. The molecule has 0 heterocycles. The summed E-state index contributed by atoms with van der Waals surface area (Å²) >= 11 is 11.0. The van der Waals surface area contributed by atoms with Crippen molar-refractivity contribution in [3.05, 3.63) is 157 Å². The van der Waals surface area contributed by atoms with Crippen LogP contribution in [0.4, 0.5) is 43.9 Å². The van der Waals surface area contributed by atoms with Gasteiger partial charge in [-0.15, -0.1) is 24.4 Å². The Labute approximate surface area is 319 Å². The number of benzene rings is 5. The lowest BCUT2D eigenvalue weighted by Crippen LogP contribution is -1.89. The predicted molar refractivity (Wildman–Crippen MR) is 191 cm³/mol. The second kappa shape index (κ2) is 22.6. The number of carbonyl (C=O) groups is 1. The summed E-state index contributed by atoms with van der Waals surface area (Å²) in [4.78, 5) is 10.8. The number of methoxy groups -OCH3 is 1. The molecule has 0 unspecified atom stereocenters. The molecule has 0 radical (unpaired) electrons. The summed E-state index contributed by atoms with van der Waals surface area (Å²) in [7, 11) is 1.59. The Morgan fingerprint density at radius 3 is 1.56 bits per heavy atom. The van der Waals surface area contributed by atoms with Crippen LogP contribution in [0.2, 0.25) is 0 Å². The lowest BCUT2D eigenvalue weighted by Gasteiger charge is -2.06. The Balaban J connectivity index is 0.000000253. The second-order valence-electron chi connectivity index (χ2n) is 10.0. The minimum Gasteiger partial charge on any atom is -0.497 e. The molecule has 0 atom stereocenters. The van der Waals surface area contributed by atoms with E-state index in [1.54, 1.807) is 13.2 Å². The zero-order valence-corrected chi connectivity index (χ0v) is 31.3. The number of halogens is 12. The maximum Gasteiger partial charge on any atom is 0.263 e. The maximum atomic E-state index is 13.2. The molecule has 2 nitrogen and oxygen atoms in total. The van der Waals surface area contributed by atoms with Crippen LogP contribution < -0.4 is 4.74 Å². The summed E-state index contributed by atoms with van der Waals surface area (Å²) in [5.74, 6) is -1.06. The molecule has 5 aromatic carbocycles. The monoisotopic (exact) mass is 902 g/mol. The van der Waals surface area contributed by atoms with Crippen LogP contribution >= 0.6 is 56.3 Å². The van der Waals surface area contributed by atoms with E-state index in [9.17, 15) is 48.7 Å². The van der Waals surface area contributed by atoms with E-state index < -0.39 is 42.5 Å². The van der Waals surface area contributed by atoms with Crippen molar-refractivity contribution in [2.75, 3.05) is 7.11 Å². The number of thiol groups is 1. The van der Waals surface area contributed by atoms with Crippen molar-refractivity contribution in [2.45, 2.75) is 34.8 Å². The van der Waals surface area contributed by atoms with Gasteiger partial charge in [0, 0.05) is 46.7 Å². The molecule has 52 heavy (non-hydrogen) atoms. The van der Waals surface area contributed by atoms with Crippen LogP contribution in [0.25, 0.3) is 0 Å². The molecular formula is C36H26Br2F10O2S2. The van der Waals surface area contributed by atoms with Gasteiger partial charge in [0.25, 0.3) is 19.3 Å². The van der Waals surface area contributed by atoms with Crippen molar-refractivity contribution >= 4 is 62.5 Å². The topological polar surface area (TPSA) is 26.3 Å². The average Bonchev–Trinajstić information content (AvgIpc) is 3.07. The van der Waals surface area contributed by atoms with Crippen LogP contribution in [0, 0.1) is 23.3 Å². The van der Waals surface area contributed by atoms with Crippen molar-refractivity contribution in [3.63, 3.8) is 0 Å². The molecule has 0 saturated heterocycles. The Bertz CT molecular complexity index is 1770. The number of rotatable bonds is 8. The van der Waals surface area contributed by atoms with Gasteiger partial charge < -0.3 is 4.74 Å². The van der Waals surface area contributed by atoms with Gasteiger partial charge in [0.1, 0.15) is 35.3 Å². The first-order valence-corrected chi connectivity index (χ1v) is 17.3. The molecular weight excluding hydrogens is 878 g/mol. The molecule has 0 amide bonds. The van der Waals surface area contributed by atoms with E-state index >= 15 is 0 Å². The zero-order valence-electron chi connectivity index (χ0n) is 26.5. The van der Waals surface area contributed by atoms with Gasteiger partial charge in [-0.1, -0.05) is 44.0 Å². The first-order chi connectivity index (χ1) is 24.5. The summed E-state index contributed by atoms with van der Waals surface area (Å²) in [6.45, 7) is 0. The third-order valence-electron chi connectivity index (χ3n) is 6.02. The molecule has 5 rings (SSSR count). The standard InChI is InChI=1S/C15H13F3OS.C7H4BrF3.C7H4BrFO.C7H5F3S/c1-19-13-4-2-10(3-5-13)9-20-14-7-11(15(17)18)6-12(16)8-14;8-5-1-4(7(10)11)2-6(9)3-5;8-6-1-5(4-10)2-7(9)3-6;8-5-1-4(7(9)10)2-6(11)3-5/h2-8,15H,9H2,1H3;1-3,7H;1-4H;1-3,7,11H. The molecule has 0 fully saturated rings. The molecule has 0 saturated carbocycles. The molecule has 16 heteroatoms. The van der Waals surface area contributed by atoms with E-state index in [0.29, 0.717) is 31.4 Å². The quantitative estimate of drug-likeness (QED) is 0.0727. The fourth-order valence-corrected chi connectivity index (χ4v) is 5.93. The van der Waals surface area contributed by atoms with Crippen molar-refractivity contribution in [1.29, 1.82) is 0 Å². The highest BCUT2D eigenvalue weighted by Gasteiger charge is 2.11. The smallest absolute Gasteiger partial charge is 0.263 e. The zero-order chi connectivity index (χ0) is 39.0. The Morgan fingerprint density at radius 1 is 0.635 bits per heavy atom. The van der Waals surface area contributed by atoms with Crippen LogP contribution in [-0.2, 0) is 5.75 Å². The highest BCUT2D eigenvalue weighted by molar-refractivity contribution is 9.10. The van der Waals surface area contributed by atoms with E-state index in [4.69, 9.17) is 4.74 Å². The molecule has 0 aromatic heterocycles. The maximum absolute atomic E-state index is 13.2. The third kappa shape index (κ3) is 16.9. The van der Waals surface area contributed by atoms with Crippen molar-refractivity contribution in [3.8, 4) is 5.75 Å². The number of thioether (sulfide) groups is 1. The fourth-order valence-electron chi connectivity index (χ4n) is 3.75. The number of aldehydes is 1. The van der Waals surface area contributed by atoms with E-state index in [1.807, 2.05) is 24.3 Å². The van der Waals surface area contributed by atoms with Crippen molar-refractivity contribution in [1.82, 2.24) is 0 Å². The SMILES string of the molecule is COc1ccc(CSc2cc(F)cc(C(F)F)c2)cc1.Fc1cc(Br)cc(C(F)F)c1.Fc1cc(S)cc(C(F)F)c1.O=Cc1cc(F)cc(Br)c1. The van der Waals surface area contributed by atoms with E-state index in [1.165, 1.54) is 42.1 Å². The molecule has 5 aromatic rings. The predicted octanol–water partition coefficient (Wildman–Crippen LogP) is 14.0. The van der Waals surface area contributed by atoms with Gasteiger partial charge in [0.05, 0.1) is 7.11 Å². The van der Waals surface area contributed by atoms with Crippen LogP contribution in [0.3, 0.4) is 0 Å². The normalized spacial score (nSPS) is 10.5. The highest BCUT2D eigenvalue weighted by Crippen LogP contribution is 2.29. The van der Waals surface area contributed by atoms with Crippen molar-refractivity contribution < 1.29 is 53.4 Å². The van der Waals surface area contributed by atoms with Gasteiger partial charge in [-0.05, 0) is 90.5 Å². The molecule has 0 bridgehead atoms. The molecule has 0 aliphatic heterocycles. The van der Waals surface area contributed by atoms with Crippen LogP contribution in [0.1, 0.15) is 51.9 Å². The summed E-state index contributed by atoms with van der Waals surface area (Å²) in [5.41, 5.74) is 0.416. The third-order valence-corrected chi connectivity index (χ3v) is 8.25. The van der Waals surface area contributed by atoms with Gasteiger partial charge in [0.2, 0.25) is 0 Å². The largest absolute Gasteiger partial charge is 0.497 e. The Morgan fingerprint density at radius 2 is 1.10 bits per heavy atom. The lowest BCUT2D eigenvalue weighted by molar-refractivity contribution is 0.112.